The molecule has 1 saturated heterocycles. The highest BCUT2D eigenvalue weighted by Crippen LogP contribution is 2.32. The SMILES string of the molecule is CC1(C)CCCN(c2ccc(C(=O)O)o2)C1. The fraction of sp³-hybridized carbons (Fsp3) is 0.583. The van der Waals surface area contributed by atoms with E-state index in [2.05, 4.69) is 18.7 Å². The summed E-state index contributed by atoms with van der Waals surface area (Å²) in [7, 11) is 0. The predicted octanol–water partition coefficient (Wildman–Crippen LogP) is 2.60. The summed E-state index contributed by atoms with van der Waals surface area (Å²) in [6.45, 7) is 6.30. The van der Waals surface area contributed by atoms with E-state index in [0.29, 0.717) is 5.88 Å². The smallest absolute Gasteiger partial charge is 0.371 e. The summed E-state index contributed by atoms with van der Waals surface area (Å²) >= 11 is 0. The number of rotatable bonds is 2. The zero-order chi connectivity index (χ0) is 11.8. The summed E-state index contributed by atoms with van der Waals surface area (Å²) in [5.74, 6) is -0.328. The maximum absolute atomic E-state index is 10.7. The van der Waals surface area contributed by atoms with E-state index in [0.717, 1.165) is 19.5 Å². The van der Waals surface area contributed by atoms with E-state index in [9.17, 15) is 4.79 Å². The van der Waals surface area contributed by atoms with Crippen LogP contribution in [-0.2, 0) is 0 Å². The number of carboxylic acids is 1. The fourth-order valence-electron chi connectivity index (χ4n) is 2.22. The highest BCUT2D eigenvalue weighted by Gasteiger charge is 2.28. The molecule has 0 saturated carbocycles. The molecule has 0 atom stereocenters. The largest absolute Gasteiger partial charge is 0.475 e. The van der Waals surface area contributed by atoms with Crippen molar-refractivity contribution in [3.8, 4) is 0 Å². The van der Waals surface area contributed by atoms with Gasteiger partial charge in [-0.3, -0.25) is 0 Å². The summed E-state index contributed by atoms with van der Waals surface area (Å²) < 4.78 is 5.30. The van der Waals surface area contributed by atoms with E-state index in [1.165, 1.54) is 12.5 Å². The molecular formula is C12H17NO3. The number of piperidine rings is 1. The number of carboxylic acid groups (broad SMARTS) is 1. The summed E-state index contributed by atoms with van der Waals surface area (Å²) in [4.78, 5) is 12.8. The second-order valence-corrected chi connectivity index (χ2v) is 5.13. The van der Waals surface area contributed by atoms with Crippen LogP contribution in [0.3, 0.4) is 0 Å². The van der Waals surface area contributed by atoms with Crippen molar-refractivity contribution in [2.24, 2.45) is 5.41 Å². The first-order valence-electron chi connectivity index (χ1n) is 5.56. The standard InChI is InChI=1S/C12H17NO3/c1-12(2)6-3-7-13(8-12)10-5-4-9(16-10)11(14)15/h4-5H,3,6-8H2,1-2H3,(H,14,15). The average molecular weight is 223 g/mol. The molecule has 0 spiro atoms. The Bertz CT molecular complexity index is 395. The Morgan fingerprint density at radius 1 is 1.50 bits per heavy atom. The van der Waals surface area contributed by atoms with E-state index in [4.69, 9.17) is 9.52 Å². The van der Waals surface area contributed by atoms with E-state index < -0.39 is 5.97 Å². The molecule has 0 bridgehead atoms. The third-order valence-corrected chi connectivity index (χ3v) is 3.01. The number of hydrogen-bond donors (Lipinski definition) is 1. The zero-order valence-electron chi connectivity index (χ0n) is 9.69. The number of hydrogen-bond acceptors (Lipinski definition) is 3. The van der Waals surface area contributed by atoms with Crippen LogP contribution >= 0.6 is 0 Å². The van der Waals surface area contributed by atoms with Gasteiger partial charge in [-0.25, -0.2) is 4.79 Å². The van der Waals surface area contributed by atoms with Crippen molar-refractivity contribution in [2.75, 3.05) is 18.0 Å². The lowest BCUT2D eigenvalue weighted by Gasteiger charge is -2.37. The van der Waals surface area contributed by atoms with Crippen LogP contribution in [0.5, 0.6) is 0 Å². The molecule has 0 aliphatic carbocycles. The van der Waals surface area contributed by atoms with Gasteiger partial charge in [0.15, 0.2) is 5.88 Å². The molecule has 1 N–H and O–H groups in total. The van der Waals surface area contributed by atoms with E-state index in [1.807, 2.05) is 0 Å². The molecule has 1 aliphatic rings. The Kier molecular flexibility index (Phi) is 2.66. The Morgan fingerprint density at radius 2 is 2.25 bits per heavy atom. The monoisotopic (exact) mass is 223 g/mol. The number of nitrogens with zero attached hydrogens (tertiary/aromatic N) is 1. The lowest BCUT2D eigenvalue weighted by Crippen LogP contribution is -2.39. The van der Waals surface area contributed by atoms with Crippen LogP contribution in [0, 0.1) is 5.41 Å². The maximum Gasteiger partial charge on any atom is 0.371 e. The Balaban J connectivity index is 2.14. The highest BCUT2D eigenvalue weighted by atomic mass is 16.4. The van der Waals surface area contributed by atoms with Crippen LogP contribution < -0.4 is 4.90 Å². The summed E-state index contributed by atoms with van der Waals surface area (Å²) in [6.07, 6.45) is 2.33. The molecule has 4 heteroatoms. The first kappa shape index (κ1) is 11.0. The number of furan rings is 1. The molecule has 2 heterocycles. The highest BCUT2D eigenvalue weighted by molar-refractivity contribution is 5.84. The van der Waals surface area contributed by atoms with Crippen molar-refractivity contribution in [3.05, 3.63) is 17.9 Å². The molecule has 2 rings (SSSR count). The lowest BCUT2D eigenvalue weighted by molar-refractivity contribution is 0.0663. The Hall–Kier alpha value is -1.45. The summed E-state index contributed by atoms with van der Waals surface area (Å²) in [5.41, 5.74) is 0.272. The van der Waals surface area contributed by atoms with Gasteiger partial charge >= 0.3 is 5.97 Å². The van der Waals surface area contributed by atoms with E-state index in [1.54, 1.807) is 6.07 Å². The van der Waals surface area contributed by atoms with Crippen molar-refractivity contribution in [3.63, 3.8) is 0 Å². The third-order valence-electron chi connectivity index (χ3n) is 3.01. The molecule has 16 heavy (non-hydrogen) atoms. The van der Waals surface area contributed by atoms with E-state index in [-0.39, 0.29) is 11.2 Å². The second kappa shape index (κ2) is 3.85. The van der Waals surface area contributed by atoms with Crippen LogP contribution in [0.4, 0.5) is 5.88 Å². The van der Waals surface area contributed by atoms with Crippen LogP contribution in [0.1, 0.15) is 37.2 Å². The van der Waals surface area contributed by atoms with Gasteiger partial charge in [0.2, 0.25) is 5.76 Å². The second-order valence-electron chi connectivity index (χ2n) is 5.13. The quantitative estimate of drug-likeness (QED) is 0.837. The minimum atomic E-state index is -1.01. The summed E-state index contributed by atoms with van der Waals surface area (Å²) in [6, 6.07) is 3.25. The fourth-order valence-corrected chi connectivity index (χ4v) is 2.22. The van der Waals surface area contributed by atoms with Crippen molar-refractivity contribution < 1.29 is 14.3 Å². The van der Waals surface area contributed by atoms with Crippen LogP contribution in [-0.4, -0.2) is 24.2 Å². The lowest BCUT2D eigenvalue weighted by atomic mass is 9.84. The minimum Gasteiger partial charge on any atom is -0.475 e. The van der Waals surface area contributed by atoms with Crippen LogP contribution in [0.2, 0.25) is 0 Å². The third kappa shape index (κ3) is 2.21. The molecule has 0 amide bonds. The van der Waals surface area contributed by atoms with Crippen LogP contribution in [0.15, 0.2) is 16.5 Å². The van der Waals surface area contributed by atoms with E-state index >= 15 is 0 Å². The Morgan fingerprint density at radius 3 is 2.81 bits per heavy atom. The predicted molar refractivity (Wildman–Crippen MR) is 60.9 cm³/mol. The molecule has 1 fully saturated rings. The van der Waals surface area contributed by atoms with Crippen LogP contribution in [0.25, 0.3) is 0 Å². The molecule has 0 radical (unpaired) electrons. The first-order valence-corrected chi connectivity index (χ1v) is 5.56. The molecule has 1 aromatic rings. The minimum absolute atomic E-state index is 0.0124. The molecule has 1 aliphatic heterocycles. The van der Waals surface area contributed by atoms with Gasteiger partial charge < -0.3 is 14.4 Å². The number of aromatic carboxylic acids is 1. The van der Waals surface area contributed by atoms with Gasteiger partial charge in [-0.1, -0.05) is 13.8 Å². The topological polar surface area (TPSA) is 53.7 Å². The van der Waals surface area contributed by atoms with Crippen molar-refractivity contribution in [2.45, 2.75) is 26.7 Å². The van der Waals surface area contributed by atoms with Gasteiger partial charge in [-0.05, 0) is 24.3 Å². The molecule has 1 aromatic heterocycles. The van der Waals surface area contributed by atoms with Gasteiger partial charge in [-0.2, -0.15) is 0 Å². The normalized spacial score (nSPS) is 19.8. The van der Waals surface area contributed by atoms with Gasteiger partial charge in [0.1, 0.15) is 0 Å². The molecular weight excluding hydrogens is 206 g/mol. The Labute approximate surface area is 94.9 Å². The van der Waals surface area contributed by atoms with Crippen molar-refractivity contribution in [1.29, 1.82) is 0 Å². The molecule has 4 nitrogen and oxygen atoms in total. The number of carbonyl (C=O) groups is 1. The van der Waals surface area contributed by atoms with Gasteiger partial charge in [-0.15, -0.1) is 0 Å². The number of anilines is 1. The van der Waals surface area contributed by atoms with Gasteiger partial charge in [0.05, 0.1) is 0 Å². The summed E-state index contributed by atoms with van der Waals surface area (Å²) in [5, 5.41) is 8.79. The van der Waals surface area contributed by atoms with Gasteiger partial charge in [0.25, 0.3) is 0 Å². The first-order chi connectivity index (χ1) is 7.48. The van der Waals surface area contributed by atoms with Crippen molar-refractivity contribution >= 4 is 11.9 Å². The van der Waals surface area contributed by atoms with Gasteiger partial charge in [0, 0.05) is 19.2 Å². The van der Waals surface area contributed by atoms with Crippen molar-refractivity contribution in [1.82, 2.24) is 0 Å². The average Bonchev–Trinajstić information content (AvgIpc) is 2.64. The zero-order valence-corrected chi connectivity index (χ0v) is 9.69. The molecule has 0 aromatic carbocycles. The molecule has 88 valence electrons. The molecule has 0 unspecified atom stereocenters. The maximum atomic E-state index is 10.7.